The molecule has 4 nitrogen and oxygen atoms in total. The van der Waals surface area contributed by atoms with Gasteiger partial charge in [-0.05, 0) is 18.2 Å². The average molecular weight is 328 g/mol. The Kier molecular flexibility index (Phi) is 2.74. The summed E-state index contributed by atoms with van der Waals surface area (Å²) in [5.74, 6) is 0.179. The summed E-state index contributed by atoms with van der Waals surface area (Å²) in [6.45, 7) is 0.781. The molecule has 8 heteroatoms. The normalized spacial score (nSPS) is 23.2. The van der Waals surface area contributed by atoms with Gasteiger partial charge in [0.2, 0.25) is 0 Å². The van der Waals surface area contributed by atoms with Crippen molar-refractivity contribution in [2.75, 3.05) is 18.9 Å². The summed E-state index contributed by atoms with van der Waals surface area (Å²) in [5.41, 5.74) is 5.41. The third-order valence-electron chi connectivity index (χ3n) is 3.91. The predicted octanol–water partition coefficient (Wildman–Crippen LogP) is 3.42. The van der Waals surface area contributed by atoms with Crippen LogP contribution in [-0.4, -0.2) is 18.2 Å². The minimum atomic E-state index is -4.42. The van der Waals surface area contributed by atoms with E-state index in [2.05, 4.69) is 4.98 Å². The first-order valence-corrected chi connectivity index (χ1v) is 7.46. The summed E-state index contributed by atoms with van der Waals surface area (Å²) in [5, 5.41) is 0.368. The van der Waals surface area contributed by atoms with Crippen molar-refractivity contribution in [1.29, 1.82) is 0 Å². The topological polar surface area (TPSA) is 57.4 Å². The zero-order chi connectivity index (χ0) is 15.5. The lowest BCUT2D eigenvalue weighted by Gasteiger charge is -2.33. The Morgan fingerprint density at radius 3 is 2.82 bits per heavy atom. The molecule has 22 heavy (non-hydrogen) atoms. The molecule has 2 N–H and O–H groups in total. The first-order chi connectivity index (χ1) is 10.4. The van der Waals surface area contributed by atoms with Crippen LogP contribution in [0.5, 0.6) is 5.75 Å². The fourth-order valence-corrected chi connectivity index (χ4v) is 3.86. The van der Waals surface area contributed by atoms with Crippen LogP contribution in [0, 0.1) is 0 Å². The maximum atomic E-state index is 12.9. The molecule has 1 spiro atoms. The van der Waals surface area contributed by atoms with Gasteiger partial charge in [-0.1, -0.05) is 11.3 Å². The number of alkyl halides is 3. The molecular formula is C14H11F3N2O2S. The van der Waals surface area contributed by atoms with Crippen molar-refractivity contribution in [2.24, 2.45) is 0 Å². The highest BCUT2D eigenvalue weighted by atomic mass is 32.1. The zero-order valence-electron chi connectivity index (χ0n) is 11.2. The molecule has 0 bridgehead atoms. The van der Waals surface area contributed by atoms with Gasteiger partial charge < -0.3 is 15.2 Å². The fraction of sp³-hybridized carbons (Fsp3) is 0.357. The van der Waals surface area contributed by atoms with E-state index in [4.69, 9.17) is 15.2 Å². The van der Waals surface area contributed by atoms with Crippen LogP contribution >= 0.6 is 11.3 Å². The van der Waals surface area contributed by atoms with Crippen LogP contribution in [0.15, 0.2) is 18.2 Å². The molecule has 2 aliphatic heterocycles. The molecule has 0 amide bonds. The number of nitrogen functional groups attached to an aromatic ring is 1. The van der Waals surface area contributed by atoms with E-state index >= 15 is 0 Å². The van der Waals surface area contributed by atoms with E-state index in [1.54, 1.807) is 0 Å². The molecule has 3 heterocycles. The highest BCUT2D eigenvalue weighted by Gasteiger charge is 2.47. The van der Waals surface area contributed by atoms with Gasteiger partial charge in [0, 0.05) is 12.0 Å². The lowest BCUT2D eigenvalue weighted by Crippen LogP contribution is -2.35. The van der Waals surface area contributed by atoms with Crippen molar-refractivity contribution in [1.82, 2.24) is 4.98 Å². The maximum Gasteiger partial charge on any atom is 0.416 e. The second-order valence-corrected chi connectivity index (χ2v) is 6.37. The first kappa shape index (κ1) is 13.8. The van der Waals surface area contributed by atoms with Gasteiger partial charge >= 0.3 is 6.18 Å². The van der Waals surface area contributed by atoms with Crippen LogP contribution in [-0.2, 0) is 16.5 Å². The first-order valence-electron chi connectivity index (χ1n) is 6.64. The number of nitrogens with two attached hydrogens (primary N) is 1. The molecule has 4 rings (SSSR count). The summed E-state index contributed by atoms with van der Waals surface area (Å²) in [6.07, 6.45) is -3.85. The van der Waals surface area contributed by atoms with Crippen molar-refractivity contribution in [3.8, 4) is 17.0 Å². The quantitative estimate of drug-likeness (QED) is 0.805. The van der Waals surface area contributed by atoms with Gasteiger partial charge in [0.1, 0.15) is 5.75 Å². The van der Waals surface area contributed by atoms with E-state index in [-0.39, 0.29) is 12.4 Å². The SMILES string of the molecule is Nc1nc2c(s1)C1(CCOC1)Oc1cc(C(F)(F)F)ccc1-2. The average Bonchev–Trinajstić information content (AvgIpc) is 3.05. The number of hydrogen-bond donors (Lipinski definition) is 1. The Balaban J connectivity index is 1.92. The molecule has 1 aromatic heterocycles. The maximum absolute atomic E-state index is 12.9. The van der Waals surface area contributed by atoms with Gasteiger partial charge in [-0.15, -0.1) is 0 Å². The number of benzene rings is 1. The van der Waals surface area contributed by atoms with Crippen LogP contribution in [0.1, 0.15) is 16.9 Å². The summed E-state index contributed by atoms with van der Waals surface area (Å²) in [4.78, 5) is 5.11. The Hall–Kier alpha value is -1.80. The van der Waals surface area contributed by atoms with Gasteiger partial charge in [-0.25, -0.2) is 4.98 Å². The van der Waals surface area contributed by atoms with E-state index < -0.39 is 17.3 Å². The number of halogens is 3. The van der Waals surface area contributed by atoms with Crippen molar-refractivity contribution in [3.05, 3.63) is 28.6 Å². The molecule has 1 unspecified atom stereocenters. The van der Waals surface area contributed by atoms with Gasteiger partial charge in [-0.2, -0.15) is 13.2 Å². The number of thiazole rings is 1. The molecular weight excluding hydrogens is 317 g/mol. The monoisotopic (exact) mass is 328 g/mol. The molecule has 0 radical (unpaired) electrons. The Morgan fingerprint density at radius 2 is 2.14 bits per heavy atom. The standard InChI is InChI=1S/C14H11F3N2O2S/c15-14(16,17)7-1-2-8-9(5-7)21-13(3-4-20-6-13)11-10(8)19-12(18)22-11/h1-2,5H,3-4,6H2,(H2,18,19). The molecule has 2 aliphatic rings. The number of aromatic nitrogens is 1. The van der Waals surface area contributed by atoms with Crippen LogP contribution in [0.2, 0.25) is 0 Å². The number of nitrogens with zero attached hydrogens (tertiary/aromatic N) is 1. The van der Waals surface area contributed by atoms with Crippen molar-refractivity contribution in [2.45, 2.75) is 18.2 Å². The zero-order valence-corrected chi connectivity index (χ0v) is 12.1. The van der Waals surface area contributed by atoms with Crippen molar-refractivity contribution >= 4 is 16.5 Å². The van der Waals surface area contributed by atoms with Crippen molar-refractivity contribution in [3.63, 3.8) is 0 Å². The lowest BCUT2D eigenvalue weighted by molar-refractivity contribution is -0.137. The van der Waals surface area contributed by atoms with E-state index in [1.807, 2.05) is 0 Å². The van der Waals surface area contributed by atoms with Gasteiger partial charge in [0.25, 0.3) is 0 Å². The van der Waals surface area contributed by atoms with E-state index in [9.17, 15) is 13.2 Å². The Bertz CT molecular complexity index is 751. The van der Waals surface area contributed by atoms with Crippen LogP contribution < -0.4 is 10.5 Å². The number of ether oxygens (including phenoxy) is 2. The second kappa shape index (κ2) is 4.36. The van der Waals surface area contributed by atoms with Crippen LogP contribution in [0.3, 0.4) is 0 Å². The third-order valence-corrected chi connectivity index (χ3v) is 4.98. The molecule has 1 aromatic carbocycles. The number of fused-ring (bicyclic) bond motifs is 4. The van der Waals surface area contributed by atoms with Gasteiger partial charge in [0.15, 0.2) is 10.7 Å². The smallest absolute Gasteiger partial charge is 0.416 e. The second-order valence-electron chi connectivity index (χ2n) is 5.34. The minimum absolute atomic E-state index is 0.179. The minimum Gasteiger partial charge on any atom is -0.478 e. The summed E-state index contributed by atoms with van der Waals surface area (Å²) >= 11 is 1.30. The number of anilines is 1. The summed E-state index contributed by atoms with van der Waals surface area (Å²) in [6, 6.07) is 3.44. The van der Waals surface area contributed by atoms with Gasteiger partial charge in [0.05, 0.1) is 29.3 Å². The summed E-state index contributed by atoms with van der Waals surface area (Å²) < 4.78 is 50.1. The predicted molar refractivity (Wildman–Crippen MR) is 74.7 cm³/mol. The highest BCUT2D eigenvalue weighted by molar-refractivity contribution is 7.16. The van der Waals surface area contributed by atoms with Crippen molar-refractivity contribution < 1.29 is 22.6 Å². The molecule has 1 saturated heterocycles. The lowest BCUT2D eigenvalue weighted by atomic mass is 9.92. The molecule has 0 aliphatic carbocycles. The molecule has 2 aromatic rings. The number of hydrogen-bond acceptors (Lipinski definition) is 5. The molecule has 0 saturated carbocycles. The molecule has 116 valence electrons. The van der Waals surface area contributed by atoms with Crippen LogP contribution in [0.25, 0.3) is 11.3 Å². The molecule has 1 fully saturated rings. The van der Waals surface area contributed by atoms with Crippen LogP contribution in [0.4, 0.5) is 18.3 Å². The Morgan fingerprint density at radius 1 is 1.32 bits per heavy atom. The summed E-state index contributed by atoms with van der Waals surface area (Å²) in [7, 11) is 0. The van der Waals surface area contributed by atoms with E-state index in [0.29, 0.717) is 29.4 Å². The largest absolute Gasteiger partial charge is 0.478 e. The van der Waals surface area contributed by atoms with E-state index in [1.165, 1.54) is 17.4 Å². The fourth-order valence-electron chi connectivity index (χ4n) is 2.87. The third kappa shape index (κ3) is 1.90. The number of rotatable bonds is 0. The van der Waals surface area contributed by atoms with E-state index in [0.717, 1.165) is 17.0 Å². The Labute approximate surface area is 127 Å². The highest BCUT2D eigenvalue weighted by Crippen LogP contribution is 2.52. The molecule has 1 atom stereocenters. The van der Waals surface area contributed by atoms with Gasteiger partial charge in [-0.3, -0.25) is 0 Å².